The van der Waals surface area contributed by atoms with E-state index >= 15 is 0 Å². The Kier molecular flexibility index (Phi) is 5.19. The molecular formula is C14H24N2O2S. The Balaban J connectivity index is 2.12. The van der Waals surface area contributed by atoms with Crippen LogP contribution in [-0.2, 0) is 6.54 Å². The standard InChI is InChI=1S/C14H24N2O2S/c1-10(2)13-12(19-14(18)15-13)9-16-7-4-3-5-11(16)6-8-17/h10-11,17H,3-9H2,1-2H3,(H,15,18). The smallest absolute Gasteiger partial charge is 0.304 e. The fraction of sp³-hybridized carbons (Fsp3) is 0.786. The van der Waals surface area contributed by atoms with Crippen molar-refractivity contribution >= 4 is 11.3 Å². The van der Waals surface area contributed by atoms with Crippen molar-refractivity contribution in [2.24, 2.45) is 0 Å². The molecule has 0 bridgehead atoms. The third-order valence-corrected chi connectivity index (χ3v) is 4.77. The van der Waals surface area contributed by atoms with Crippen LogP contribution in [0.25, 0.3) is 0 Å². The van der Waals surface area contributed by atoms with Crippen molar-refractivity contribution in [1.29, 1.82) is 0 Å². The lowest BCUT2D eigenvalue weighted by Gasteiger charge is -2.35. The summed E-state index contributed by atoms with van der Waals surface area (Å²) in [7, 11) is 0. The van der Waals surface area contributed by atoms with Gasteiger partial charge in [-0.2, -0.15) is 0 Å². The predicted octanol–water partition coefficient (Wildman–Crippen LogP) is 2.30. The van der Waals surface area contributed by atoms with E-state index in [0.717, 1.165) is 31.6 Å². The zero-order valence-electron chi connectivity index (χ0n) is 11.8. The number of likely N-dealkylation sites (tertiary alicyclic amines) is 1. The van der Waals surface area contributed by atoms with Gasteiger partial charge in [-0.15, -0.1) is 0 Å². The number of aromatic nitrogens is 1. The molecule has 1 aromatic rings. The molecule has 2 rings (SSSR count). The molecule has 1 unspecified atom stereocenters. The molecule has 1 atom stereocenters. The van der Waals surface area contributed by atoms with Crippen LogP contribution in [0.2, 0.25) is 0 Å². The minimum Gasteiger partial charge on any atom is -0.396 e. The minimum atomic E-state index is 0.0504. The monoisotopic (exact) mass is 284 g/mol. The van der Waals surface area contributed by atoms with Gasteiger partial charge in [-0.05, 0) is 31.7 Å². The van der Waals surface area contributed by atoms with Gasteiger partial charge in [-0.3, -0.25) is 9.69 Å². The lowest BCUT2D eigenvalue weighted by Crippen LogP contribution is -2.39. The van der Waals surface area contributed by atoms with Crippen LogP contribution in [0.15, 0.2) is 4.79 Å². The summed E-state index contributed by atoms with van der Waals surface area (Å²) in [6.07, 6.45) is 4.48. The number of aliphatic hydroxyl groups excluding tert-OH is 1. The molecule has 1 aliphatic rings. The second kappa shape index (κ2) is 6.68. The first-order valence-corrected chi connectivity index (χ1v) is 8.00. The third kappa shape index (κ3) is 3.68. The van der Waals surface area contributed by atoms with Crippen molar-refractivity contribution in [3.05, 3.63) is 20.2 Å². The van der Waals surface area contributed by atoms with Crippen LogP contribution in [-0.4, -0.2) is 34.2 Å². The number of hydrogen-bond donors (Lipinski definition) is 2. The highest BCUT2D eigenvalue weighted by atomic mass is 32.1. The fourth-order valence-corrected chi connectivity index (χ4v) is 3.90. The molecule has 2 heterocycles. The molecule has 5 heteroatoms. The zero-order chi connectivity index (χ0) is 13.8. The summed E-state index contributed by atoms with van der Waals surface area (Å²) in [5, 5.41) is 9.17. The Hall–Kier alpha value is -0.650. The first-order valence-electron chi connectivity index (χ1n) is 7.18. The summed E-state index contributed by atoms with van der Waals surface area (Å²) in [4.78, 5) is 18.2. The van der Waals surface area contributed by atoms with Gasteiger partial charge < -0.3 is 10.1 Å². The summed E-state index contributed by atoms with van der Waals surface area (Å²) in [5.41, 5.74) is 1.09. The van der Waals surface area contributed by atoms with Crippen molar-refractivity contribution in [2.45, 2.75) is 58.0 Å². The first-order chi connectivity index (χ1) is 9.11. The molecule has 4 nitrogen and oxygen atoms in total. The number of piperidine rings is 1. The van der Waals surface area contributed by atoms with Crippen LogP contribution in [0.1, 0.15) is 56.0 Å². The Morgan fingerprint density at radius 1 is 1.47 bits per heavy atom. The summed E-state index contributed by atoms with van der Waals surface area (Å²) in [6, 6.07) is 0.468. The molecule has 0 spiro atoms. The van der Waals surface area contributed by atoms with Gasteiger partial charge in [0.15, 0.2) is 0 Å². The Morgan fingerprint density at radius 2 is 2.26 bits per heavy atom. The lowest BCUT2D eigenvalue weighted by atomic mass is 9.99. The Morgan fingerprint density at radius 3 is 2.95 bits per heavy atom. The normalized spacial score (nSPS) is 21.2. The summed E-state index contributed by atoms with van der Waals surface area (Å²) < 4.78 is 0. The molecule has 1 saturated heterocycles. The number of hydrogen-bond acceptors (Lipinski definition) is 4. The first kappa shape index (κ1) is 14.8. The van der Waals surface area contributed by atoms with Crippen molar-refractivity contribution in [3.8, 4) is 0 Å². The SMILES string of the molecule is CC(C)c1[nH]c(=O)sc1CN1CCCCC1CCO. The van der Waals surface area contributed by atoms with E-state index in [1.807, 2.05) is 0 Å². The number of H-pyrrole nitrogens is 1. The number of thiazole rings is 1. The molecular weight excluding hydrogens is 260 g/mol. The largest absolute Gasteiger partial charge is 0.396 e. The van der Waals surface area contributed by atoms with Crippen molar-refractivity contribution < 1.29 is 5.11 Å². The molecule has 0 aromatic carbocycles. The number of nitrogens with zero attached hydrogens (tertiary/aromatic N) is 1. The molecule has 0 aliphatic carbocycles. The van der Waals surface area contributed by atoms with E-state index in [1.165, 1.54) is 29.1 Å². The van der Waals surface area contributed by atoms with Gasteiger partial charge in [-0.25, -0.2) is 0 Å². The maximum atomic E-state index is 11.6. The zero-order valence-corrected chi connectivity index (χ0v) is 12.6. The van der Waals surface area contributed by atoms with Gasteiger partial charge in [-0.1, -0.05) is 31.6 Å². The van der Waals surface area contributed by atoms with Gasteiger partial charge in [0.25, 0.3) is 0 Å². The molecule has 108 valence electrons. The molecule has 19 heavy (non-hydrogen) atoms. The maximum absolute atomic E-state index is 11.6. The average molecular weight is 284 g/mol. The topological polar surface area (TPSA) is 56.3 Å². The quantitative estimate of drug-likeness (QED) is 0.872. The second-order valence-electron chi connectivity index (χ2n) is 5.64. The molecule has 1 aliphatic heterocycles. The summed E-state index contributed by atoms with van der Waals surface area (Å²) in [6.45, 7) is 6.41. The van der Waals surface area contributed by atoms with Crippen molar-refractivity contribution in [1.82, 2.24) is 9.88 Å². The summed E-state index contributed by atoms with van der Waals surface area (Å²) >= 11 is 1.34. The maximum Gasteiger partial charge on any atom is 0.304 e. The van der Waals surface area contributed by atoms with Gasteiger partial charge >= 0.3 is 4.87 Å². The molecule has 1 fully saturated rings. The molecule has 0 saturated carbocycles. The molecule has 0 radical (unpaired) electrons. The van der Waals surface area contributed by atoms with E-state index in [1.54, 1.807) is 0 Å². The minimum absolute atomic E-state index is 0.0504. The lowest BCUT2D eigenvalue weighted by molar-refractivity contribution is 0.113. The van der Waals surface area contributed by atoms with Crippen molar-refractivity contribution in [2.75, 3.05) is 13.2 Å². The van der Waals surface area contributed by atoms with Gasteiger partial charge in [0.1, 0.15) is 0 Å². The van der Waals surface area contributed by atoms with Crippen LogP contribution >= 0.6 is 11.3 Å². The van der Waals surface area contributed by atoms with Gasteiger partial charge in [0, 0.05) is 29.8 Å². The van der Waals surface area contributed by atoms with Crippen LogP contribution in [0.5, 0.6) is 0 Å². The third-order valence-electron chi connectivity index (χ3n) is 3.89. The van der Waals surface area contributed by atoms with E-state index in [4.69, 9.17) is 5.11 Å². The average Bonchev–Trinajstić information content (AvgIpc) is 2.73. The van der Waals surface area contributed by atoms with E-state index < -0.39 is 0 Å². The van der Waals surface area contributed by atoms with Crippen LogP contribution in [0.3, 0.4) is 0 Å². The van der Waals surface area contributed by atoms with Gasteiger partial charge in [0.2, 0.25) is 0 Å². The number of rotatable bonds is 5. The highest BCUT2D eigenvalue weighted by Gasteiger charge is 2.24. The van der Waals surface area contributed by atoms with E-state index in [2.05, 4.69) is 23.7 Å². The second-order valence-corrected chi connectivity index (χ2v) is 6.71. The van der Waals surface area contributed by atoms with E-state index in [9.17, 15) is 4.79 Å². The van der Waals surface area contributed by atoms with Crippen LogP contribution in [0.4, 0.5) is 0 Å². The molecule has 2 N–H and O–H groups in total. The molecule has 0 amide bonds. The Bertz CT molecular complexity index is 451. The number of aromatic amines is 1. The van der Waals surface area contributed by atoms with Crippen LogP contribution in [0, 0.1) is 0 Å². The fourth-order valence-electron chi connectivity index (χ4n) is 2.88. The molecule has 1 aromatic heterocycles. The highest BCUT2D eigenvalue weighted by Crippen LogP contribution is 2.26. The number of aliphatic hydroxyl groups is 1. The van der Waals surface area contributed by atoms with Crippen LogP contribution < -0.4 is 4.87 Å². The van der Waals surface area contributed by atoms with E-state index in [0.29, 0.717) is 12.0 Å². The highest BCUT2D eigenvalue weighted by molar-refractivity contribution is 7.09. The summed E-state index contributed by atoms with van der Waals surface area (Å²) in [5.74, 6) is 0.357. The van der Waals surface area contributed by atoms with E-state index in [-0.39, 0.29) is 11.5 Å². The predicted molar refractivity (Wildman–Crippen MR) is 78.8 cm³/mol. The van der Waals surface area contributed by atoms with Gasteiger partial charge in [0.05, 0.1) is 0 Å². The Labute approximate surface area is 118 Å². The number of nitrogens with one attached hydrogen (secondary N) is 1. The van der Waals surface area contributed by atoms with Crippen molar-refractivity contribution in [3.63, 3.8) is 0 Å².